The highest BCUT2D eigenvalue weighted by atomic mass is 32.2. The van der Waals surface area contributed by atoms with Crippen molar-refractivity contribution in [3.8, 4) is 11.8 Å². The second-order valence-corrected chi connectivity index (χ2v) is 16.6. The molecule has 0 aliphatic carbocycles. The second-order valence-electron chi connectivity index (χ2n) is 13.8. The number of likely N-dealkylation sites (N-methyl/N-ethyl adjacent to an activating group) is 1. The molecule has 2 aromatic rings. The predicted octanol–water partition coefficient (Wildman–Crippen LogP) is 5.15. The van der Waals surface area contributed by atoms with E-state index in [2.05, 4.69) is 11.8 Å². The number of hydrogen-bond donors (Lipinski definition) is 2. The monoisotopic (exact) mass is 764 g/mol. The van der Waals surface area contributed by atoms with E-state index in [1.165, 1.54) is 24.3 Å². The Morgan fingerprint density at radius 3 is 2.11 bits per heavy atom. The third-order valence-corrected chi connectivity index (χ3v) is 11.4. The highest BCUT2D eigenvalue weighted by Crippen LogP contribution is 2.48. The lowest BCUT2D eigenvalue weighted by Gasteiger charge is -2.25. The zero-order chi connectivity index (χ0) is 39.1. The van der Waals surface area contributed by atoms with Crippen LogP contribution in [-0.2, 0) is 50.3 Å². The van der Waals surface area contributed by atoms with Gasteiger partial charge in [0, 0.05) is 65.9 Å². The van der Waals surface area contributed by atoms with Crippen molar-refractivity contribution in [1.29, 1.82) is 0 Å². The molecule has 2 N–H and O–H groups in total. The normalized spacial score (nSPS) is 18.9. The Morgan fingerprint density at radius 1 is 0.925 bits per heavy atom. The fourth-order valence-corrected chi connectivity index (χ4v) is 7.94. The summed E-state index contributed by atoms with van der Waals surface area (Å²) in [6.07, 6.45) is 7.24. The van der Waals surface area contributed by atoms with Crippen LogP contribution in [0.5, 0.6) is 0 Å². The minimum absolute atomic E-state index is 0.0149. The van der Waals surface area contributed by atoms with Gasteiger partial charge in [0.25, 0.3) is 32.1 Å². The number of fused-ring (bicyclic) bond motifs is 2. The Morgan fingerprint density at radius 2 is 1.53 bits per heavy atom. The molecular formula is C38H42N3O10S2+. The number of nitrogens with zero attached hydrogens (tertiary/aromatic N) is 3. The molecule has 2 aromatic carbocycles. The Kier molecular flexibility index (Phi) is 10.8. The summed E-state index contributed by atoms with van der Waals surface area (Å²) in [6.45, 7) is 12.8. The fourth-order valence-electron chi connectivity index (χ4n) is 6.92. The van der Waals surface area contributed by atoms with E-state index < -0.39 is 48.8 Å². The number of carbonyl (C=O) groups excluding carboxylic acids is 3. The largest absolute Gasteiger partial charge is 0.344 e. The smallest absolute Gasteiger partial charge is 0.334 e. The molecule has 3 aliphatic rings. The van der Waals surface area contributed by atoms with Crippen LogP contribution >= 0.6 is 0 Å². The number of rotatable bonds is 10. The summed E-state index contributed by atoms with van der Waals surface area (Å²) in [6, 6.07) is 9.01. The number of imide groups is 1. The van der Waals surface area contributed by atoms with E-state index in [-0.39, 0.29) is 35.5 Å². The van der Waals surface area contributed by atoms with Crippen LogP contribution in [0.2, 0.25) is 0 Å². The summed E-state index contributed by atoms with van der Waals surface area (Å²) in [7, 11) is -8.86. The number of hydroxylamine groups is 2. The van der Waals surface area contributed by atoms with Gasteiger partial charge in [-0.25, -0.2) is 4.79 Å². The molecule has 1 fully saturated rings. The molecule has 0 atom stereocenters. The Labute approximate surface area is 309 Å². The van der Waals surface area contributed by atoms with Crippen LogP contribution in [0.3, 0.4) is 0 Å². The quantitative estimate of drug-likeness (QED) is 0.108. The SMILES string of the molecule is CCN1/C(=C/C=C(C#CCCC(=O)ON2C(=O)CCC2=O)/C=C/C2=[N+](CC)c3ccc(S(=O)(=O)O)cc3C2(C)C)C(C)(C)c2cc(S(=O)(=O)O)ccc21. The average Bonchev–Trinajstić information content (AvgIpc) is 3.60. The molecule has 5 rings (SSSR count). The predicted molar refractivity (Wildman–Crippen MR) is 197 cm³/mol. The number of carbonyl (C=O) groups is 3. The molecule has 3 aliphatic heterocycles. The Balaban J connectivity index is 1.52. The molecule has 15 heteroatoms. The maximum absolute atomic E-state index is 12.4. The lowest BCUT2D eigenvalue weighted by atomic mass is 9.81. The van der Waals surface area contributed by atoms with Crippen LogP contribution in [0, 0.1) is 11.8 Å². The summed E-state index contributed by atoms with van der Waals surface area (Å²) < 4.78 is 69.4. The second kappa shape index (κ2) is 14.5. The summed E-state index contributed by atoms with van der Waals surface area (Å²) in [4.78, 5) is 42.7. The van der Waals surface area contributed by atoms with Crippen molar-refractivity contribution in [2.24, 2.45) is 0 Å². The van der Waals surface area contributed by atoms with Gasteiger partial charge in [0.05, 0.1) is 21.6 Å². The van der Waals surface area contributed by atoms with Crippen LogP contribution in [0.4, 0.5) is 11.4 Å². The van der Waals surface area contributed by atoms with Gasteiger partial charge in [-0.15, -0.1) is 5.06 Å². The number of benzene rings is 2. The van der Waals surface area contributed by atoms with E-state index >= 15 is 0 Å². The molecule has 0 aromatic heterocycles. The van der Waals surface area contributed by atoms with Crippen molar-refractivity contribution < 1.29 is 49.7 Å². The highest BCUT2D eigenvalue weighted by Gasteiger charge is 2.45. The fraction of sp³-hybridized carbons (Fsp3) is 0.368. The maximum Gasteiger partial charge on any atom is 0.334 e. The number of hydrogen-bond acceptors (Lipinski definition) is 9. The summed E-state index contributed by atoms with van der Waals surface area (Å²) in [5.41, 5.74) is 3.89. The van der Waals surface area contributed by atoms with Crippen molar-refractivity contribution in [2.75, 3.05) is 18.0 Å². The summed E-state index contributed by atoms with van der Waals surface area (Å²) in [5.74, 6) is 4.16. The minimum atomic E-state index is -4.43. The van der Waals surface area contributed by atoms with E-state index in [4.69, 9.17) is 4.84 Å². The van der Waals surface area contributed by atoms with Gasteiger partial charge in [0.1, 0.15) is 6.54 Å². The van der Waals surface area contributed by atoms with Gasteiger partial charge in [-0.1, -0.05) is 25.7 Å². The number of amides is 2. The molecule has 13 nitrogen and oxygen atoms in total. The van der Waals surface area contributed by atoms with Crippen molar-refractivity contribution in [3.05, 3.63) is 83.1 Å². The van der Waals surface area contributed by atoms with Gasteiger partial charge in [-0.05, 0) is 81.8 Å². The van der Waals surface area contributed by atoms with Crippen LogP contribution in [0.25, 0.3) is 0 Å². The molecule has 0 radical (unpaired) electrons. The van der Waals surface area contributed by atoms with Gasteiger partial charge >= 0.3 is 5.97 Å². The summed E-state index contributed by atoms with van der Waals surface area (Å²) in [5, 5.41) is 0.493. The third-order valence-electron chi connectivity index (χ3n) is 9.68. The lowest BCUT2D eigenvalue weighted by Crippen LogP contribution is -2.31. The van der Waals surface area contributed by atoms with Crippen molar-refractivity contribution in [2.45, 2.75) is 87.8 Å². The van der Waals surface area contributed by atoms with E-state index in [0.717, 1.165) is 33.9 Å². The van der Waals surface area contributed by atoms with Crippen LogP contribution < -0.4 is 4.90 Å². The van der Waals surface area contributed by atoms with E-state index in [0.29, 0.717) is 23.7 Å². The van der Waals surface area contributed by atoms with E-state index in [9.17, 15) is 40.3 Å². The molecule has 3 heterocycles. The van der Waals surface area contributed by atoms with Crippen LogP contribution in [-0.4, -0.2) is 72.2 Å². The average molecular weight is 765 g/mol. The molecular weight excluding hydrogens is 723 g/mol. The molecule has 0 saturated carbocycles. The standard InChI is InChI=1S/C38H41N3O10S2/c1-7-39-30-17-15-26(52(45,46)47)23-28(30)37(3,4)32(39)19-13-25(11-9-10-12-36(44)51-41-34(42)21-22-35(41)43)14-20-33-38(5,6)29-24-27(53(48,49)50)16-18-31(29)40(33)8-2/h13-20,23-24H,7-8,10,12,21-22H2,1-6H3,(H-,45,46,47,48,49,50)/p+1. The molecule has 280 valence electrons. The highest BCUT2D eigenvalue weighted by molar-refractivity contribution is 7.86. The van der Waals surface area contributed by atoms with Crippen LogP contribution in [0.15, 0.2) is 81.8 Å². The van der Waals surface area contributed by atoms with Crippen molar-refractivity contribution in [1.82, 2.24) is 5.06 Å². The maximum atomic E-state index is 12.4. The summed E-state index contributed by atoms with van der Waals surface area (Å²) >= 11 is 0. The van der Waals surface area contributed by atoms with Gasteiger partial charge < -0.3 is 9.74 Å². The van der Waals surface area contributed by atoms with Crippen molar-refractivity contribution in [3.63, 3.8) is 0 Å². The first-order valence-electron chi connectivity index (χ1n) is 17.0. The topological polar surface area (TPSA) is 179 Å². The van der Waals surface area contributed by atoms with Gasteiger partial charge in [-0.2, -0.15) is 21.4 Å². The van der Waals surface area contributed by atoms with Gasteiger partial charge in [0.15, 0.2) is 5.71 Å². The van der Waals surface area contributed by atoms with Gasteiger partial charge in [-0.3, -0.25) is 18.7 Å². The van der Waals surface area contributed by atoms with Crippen LogP contribution in [0.1, 0.15) is 78.4 Å². The number of allylic oxidation sites excluding steroid dienone is 6. The molecule has 0 bridgehead atoms. The molecule has 1 saturated heterocycles. The first kappa shape index (κ1) is 39.3. The Hall–Kier alpha value is -4.88. The van der Waals surface area contributed by atoms with E-state index in [1.54, 1.807) is 24.3 Å². The Bertz CT molecular complexity index is 2310. The van der Waals surface area contributed by atoms with Gasteiger partial charge in [0.2, 0.25) is 5.69 Å². The molecule has 0 spiro atoms. The molecule has 53 heavy (non-hydrogen) atoms. The first-order chi connectivity index (χ1) is 24.7. The molecule has 0 unspecified atom stereocenters. The first-order valence-corrected chi connectivity index (χ1v) is 19.9. The van der Waals surface area contributed by atoms with Crippen molar-refractivity contribution >= 4 is 55.1 Å². The third kappa shape index (κ3) is 7.77. The zero-order valence-electron chi connectivity index (χ0n) is 30.3. The zero-order valence-corrected chi connectivity index (χ0v) is 32.0. The minimum Gasteiger partial charge on any atom is -0.344 e. The number of anilines is 1. The lowest BCUT2D eigenvalue weighted by molar-refractivity contribution is -0.433. The molecule has 2 amide bonds. The van der Waals surface area contributed by atoms with E-state index in [1.807, 2.05) is 63.2 Å².